The predicted molar refractivity (Wildman–Crippen MR) is 89.9 cm³/mol. The second-order valence-corrected chi connectivity index (χ2v) is 4.86. The van der Waals surface area contributed by atoms with E-state index in [1.807, 2.05) is 73.7 Å². The van der Waals surface area contributed by atoms with Crippen molar-refractivity contribution < 1.29 is 0 Å². The third kappa shape index (κ3) is 3.55. The topological polar surface area (TPSA) is 50.2 Å². The van der Waals surface area contributed by atoms with Crippen LogP contribution in [0.25, 0.3) is 11.3 Å². The Kier molecular flexibility index (Phi) is 4.20. The van der Waals surface area contributed by atoms with Gasteiger partial charge in [-0.2, -0.15) is 5.10 Å². The van der Waals surface area contributed by atoms with Gasteiger partial charge in [-0.15, -0.1) is 0 Å². The molecule has 2 aromatic carbocycles. The summed E-state index contributed by atoms with van der Waals surface area (Å²) in [6.07, 6.45) is 1.74. The zero-order chi connectivity index (χ0) is 15.2. The predicted octanol–water partition coefficient (Wildman–Crippen LogP) is 3.90. The minimum atomic E-state index is 0.492. The van der Waals surface area contributed by atoms with Gasteiger partial charge in [0.15, 0.2) is 0 Å². The average molecular weight is 288 g/mol. The standard InChI is InChI=1S/C18H16N4/c1-14-12-17(16-10-6-3-7-11-16)21-18(20-14)22-19-13-15-8-4-2-5-9-15/h2-13H,1H3,(H,20,21,22). The highest BCUT2D eigenvalue weighted by atomic mass is 15.3. The quantitative estimate of drug-likeness (QED) is 0.585. The van der Waals surface area contributed by atoms with E-state index in [2.05, 4.69) is 20.5 Å². The molecular formula is C18H16N4. The molecule has 0 aliphatic carbocycles. The van der Waals surface area contributed by atoms with Crippen LogP contribution in [-0.2, 0) is 0 Å². The Morgan fingerprint density at radius 3 is 2.32 bits per heavy atom. The van der Waals surface area contributed by atoms with Crippen molar-refractivity contribution in [2.75, 3.05) is 5.43 Å². The lowest BCUT2D eigenvalue weighted by molar-refractivity contribution is 1.08. The van der Waals surface area contributed by atoms with Crippen LogP contribution < -0.4 is 5.43 Å². The Hall–Kier alpha value is -3.01. The molecule has 0 bridgehead atoms. The minimum absolute atomic E-state index is 0.492. The van der Waals surface area contributed by atoms with Crippen molar-refractivity contribution in [2.24, 2.45) is 5.10 Å². The number of hydrogen-bond acceptors (Lipinski definition) is 4. The van der Waals surface area contributed by atoms with E-state index < -0.39 is 0 Å². The molecule has 0 saturated carbocycles. The number of nitrogens with one attached hydrogen (secondary N) is 1. The van der Waals surface area contributed by atoms with Crippen LogP contribution >= 0.6 is 0 Å². The fraction of sp³-hybridized carbons (Fsp3) is 0.0556. The SMILES string of the molecule is Cc1cc(-c2ccccc2)nc(NN=Cc2ccccc2)n1. The summed E-state index contributed by atoms with van der Waals surface area (Å²) in [5.74, 6) is 0.492. The van der Waals surface area contributed by atoms with Crippen molar-refractivity contribution in [3.05, 3.63) is 78.0 Å². The molecule has 0 aliphatic heterocycles. The molecule has 3 aromatic rings. The van der Waals surface area contributed by atoms with E-state index in [0.717, 1.165) is 22.5 Å². The molecular weight excluding hydrogens is 272 g/mol. The van der Waals surface area contributed by atoms with Crippen LogP contribution in [0.1, 0.15) is 11.3 Å². The molecule has 4 nitrogen and oxygen atoms in total. The van der Waals surface area contributed by atoms with Crippen molar-refractivity contribution in [1.82, 2.24) is 9.97 Å². The largest absolute Gasteiger partial charge is 0.245 e. The maximum Gasteiger partial charge on any atom is 0.244 e. The first-order chi connectivity index (χ1) is 10.8. The first-order valence-electron chi connectivity index (χ1n) is 7.06. The highest BCUT2D eigenvalue weighted by Crippen LogP contribution is 2.18. The van der Waals surface area contributed by atoms with Gasteiger partial charge in [-0.1, -0.05) is 60.7 Å². The lowest BCUT2D eigenvalue weighted by Crippen LogP contribution is -2.00. The van der Waals surface area contributed by atoms with Gasteiger partial charge in [0.2, 0.25) is 5.95 Å². The Morgan fingerprint density at radius 1 is 0.909 bits per heavy atom. The summed E-state index contributed by atoms with van der Waals surface area (Å²) in [4.78, 5) is 8.85. The van der Waals surface area contributed by atoms with E-state index >= 15 is 0 Å². The molecule has 1 aromatic heterocycles. The Bertz CT molecular complexity index is 768. The van der Waals surface area contributed by atoms with Crippen molar-refractivity contribution >= 4 is 12.2 Å². The van der Waals surface area contributed by atoms with Crippen molar-refractivity contribution in [2.45, 2.75) is 6.92 Å². The first-order valence-corrected chi connectivity index (χ1v) is 7.06. The molecule has 0 saturated heterocycles. The Balaban J connectivity index is 1.80. The third-order valence-electron chi connectivity index (χ3n) is 3.10. The third-order valence-corrected chi connectivity index (χ3v) is 3.10. The molecule has 0 radical (unpaired) electrons. The summed E-state index contributed by atoms with van der Waals surface area (Å²) < 4.78 is 0. The van der Waals surface area contributed by atoms with Crippen LogP contribution in [0.3, 0.4) is 0 Å². The van der Waals surface area contributed by atoms with Crippen LogP contribution in [0.4, 0.5) is 5.95 Å². The summed E-state index contributed by atoms with van der Waals surface area (Å²) in [7, 11) is 0. The number of aromatic nitrogens is 2. The normalized spacial score (nSPS) is 10.8. The fourth-order valence-electron chi connectivity index (χ4n) is 2.08. The fourth-order valence-corrected chi connectivity index (χ4v) is 2.08. The molecule has 1 heterocycles. The molecule has 22 heavy (non-hydrogen) atoms. The van der Waals surface area contributed by atoms with E-state index in [0.29, 0.717) is 5.95 Å². The van der Waals surface area contributed by atoms with Gasteiger partial charge < -0.3 is 0 Å². The molecule has 108 valence electrons. The van der Waals surface area contributed by atoms with Gasteiger partial charge in [0, 0.05) is 11.3 Å². The summed E-state index contributed by atoms with van der Waals surface area (Å²) >= 11 is 0. The van der Waals surface area contributed by atoms with Gasteiger partial charge in [0.05, 0.1) is 11.9 Å². The number of anilines is 1. The highest BCUT2D eigenvalue weighted by molar-refractivity contribution is 5.79. The molecule has 3 rings (SSSR count). The summed E-state index contributed by atoms with van der Waals surface area (Å²) in [6.45, 7) is 1.94. The second kappa shape index (κ2) is 6.63. The Morgan fingerprint density at radius 2 is 1.59 bits per heavy atom. The van der Waals surface area contributed by atoms with Crippen LogP contribution in [0.5, 0.6) is 0 Å². The summed E-state index contributed by atoms with van der Waals surface area (Å²) in [5.41, 5.74) is 6.74. The zero-order valence-electron chi connectivity index (χ0n) is 12.3. The number of aryl methyl sites for hydroxylation is 1. The van der Waals surface area contributed by atoms with Gasteiger partial charge in [0.25, 0.3) is 0 Å². The molecule has 0 unspecified atom stereocenters. The molecule has 1 N–H and O–H groups in total. The average Bonchev–Trinajstić information content (AvgIpc) is 2.56. The van der Waals surface area contributed by atoms with Gasteiger partial charge in [-0.05, 0) is 18.6 Å². The molecule has 4 heteroatoms. The first kappa shape index (κ1) is 13.9. The van der Waals surface area contributed by atoms with E-state index in [1.54, 1.807) is 6.21 Å². The second-order valence-electron chi connectivity index (χ2n) is 4.86. The van der Waals surface area contributed by atoms with Crippen molar-refractivity contribution in [3.8, 4) is 11.3 Å². The maximum absolute atomic E-state index is 4.50. The lowest BCUT2D eigenvalue weighted by atomic mass is 10.1. The number of nitrogens with zero attached hydrogens (tertiary/aromatic N) is 3. The number of hydrazone groups is 1. The molecule has 0 spiro atoms. The van der Waals surface area contributed by atoms with E-state index in [-0.39, 0.29) is 0 Å². The van der Waals surface area contributed by atoms with Gasteiger partial charge >= 0.3 is 0 Å². The van der Waals surface area contributed by atoms with Crippen LogP contribution in [0, 0.1) is 6.92 Å². The summed E-state index contributed by atoms with van der Waals surface area (Å²) in [5, 5.41) is 4.19. The van der Waals surface area contributed by atoms with Crippen LogP contribution in [-0.4, -0.2) is 16.2 Å². The lowest BCUT2D eigenvalue weighted by Gasteiger charge is -2.05. The number of rotatable bonds is 4. The van der Waals surface area contributed by atoms with Crippen molar-refractivity contribution in [1.29, 1.82) is 0 Å². The van der Waals surface area contributed by atoms with E-state index in [4.69, 9.17) is 0 Å². The van der Waals surface area contributed by atoms with E-state index in [1.165, 1.54) is 0 Å². The number of hydrogen-bond donors (Lipinski definition) is 1. The highest BCUT2D eigenvalue weighted by Gasteiger charge is 2.03. The smallest absolute Gasteiger partial charge is 0.244 e. The number of benzene rings is 2. The molecule has 0 amide bonds. The van der Waals surface area contributed by atoms with Crippen molar-refractivity contribution in [3.63, 3.8) is 0 Å². The molecule has 0 fully saturated rings. The Labute approximate surface area is 129 Å². The summed E-state index contributed by atoms with van der Waals surface area (Å²) in [6, 6.07) is 21.9. The van der Waals surface area contributed by atoms with E-state index in [9.17, 15) is 0 Å². The zero-order valence-corrected chi connectivity index (χ0v) is 12.3. The van der Waals surface area contributed by atoms with Crippen LogP contribution in [0.15, 0.2) is 71.8 Å². The van der Waals surface area contributed by atoms with Crippen LogP contribution in [0.2, 0.25) is 0 Å². The van der Waals surface area contributed by atoms with Gasteiger partial charge in [0.1, 0.15) is 0 Å². The minimum Gasteiger partial charge on any atom is -0.245 e. The molecule has 0 atom stereocenters. The van der Waals surface area contributed by atoms with Gasteiger partial charge in [-0.25, -0.2) is 15.4 Å². The van der Waals surface area contributed by atoms with Gasteiger partial charge in [-0.3, -0.25) is 0 Å². The maximum atomic E-state index is 4.50. The monoisotopic (exact) mass is 288 g/mol. The molecule has 0 aliphatic rings.